The molecule has 0 unspecified atom stereocenters. The fourth-order valence-electron chi connectivity index (χ4n) is 2.23. The summed E-state index contributed by atoms with van der Waals surface area (Å²) in [6, 6.07) is 14.8. The molecule has 2 aromatic carbocycles. The van der Waals surface area contributed by atoms with E-state index >= 15 is 0 Å². The summed E-state index contributed by atoms with van der Waals surface area (Å²) >= 11 is 0.943. The van der Waals surface area contributed by atoms with E-state index in [9.17, 15) is 9.59 Å². The molecular weight excluding hydrogens is 364 g/mol. The minimum absolute atomic E-state index is 0.117. The van der Waals surface area contributed by atoms with Crippen LogP contribution in [0.3, 0.4) is 0 Å². The molecule has 0 aliphatic carbocycles. The zero-order valence-corrected chi connectivity index (χ0v) is 15.7. The summed E-state index contributed by atoms with van der Waals surface area (Å²) in [6.45, 7) is 2.38. The summed E-state index contributed by atoms with van der Waals surface area (Å²) in [5.74, 6) is -0.0942. The molecular formula is C19H18N4O3S. The second kappa shape index (κ2) is 8.41. The first kappa shape index (κ1) is 18.5. The van der Waals surface area contributed by atoms with Crippen molar-refractivity contribution >= 4 is 28.8 Å². The maximum atomic E-state index is 12.2. The van der Waals surface area contributed by atoms with Gasteiger partial charge in [0.05, 0.1) is 7.11 Å². The Morgan fingerprint density at radius 1 is 0.963 bits per heavy atom. The molecule has 0 fully saturated rings. The molecule has 1 aromatic heterocycles. The Morgan fingerprint density at radius 3 is 2.22 bits per heavy atom. The number of aromatic nitrogens is 2. The number of carbonyl (C=O) groups is 2. The molecule has 3 rings (SSSR count). The molecule has 27 heavy (non-hydrogen) atoms. The molecule has 0 bridgehead atoms. The number of ether oxygens (including phenoxy) is 1. The van der Waals surface area contributed by atoms with E-state index in [1.165, 1.54) is 0 Å². The summed E-state index contributed by atoms with van der Waals surface area (Å²) in [5.41, 5.74) is 2.74. The van der Waals surface area contributed by atoms with E-state index in [2.05, 4.69) is 20.8 Å². The summed E-state index contributed by atoms with van der Waals surface area (Å²) in [4.78, 5) is 24.5. The van der Waals surface area contributed by atoms with Gasteiger partial charge in [-0.3, -0.25) is 9.59 Å². The van der Waals surface area contributed by atoms with E-state index < -0.39 is 5.91 Å². The van der Waals surface area contributed by atoms with Crippen LogP contribution in [0.4, 0.5) is 5.69 Å². The Balaban J connectivity index is 1.58. The number of amides is 2. The van der Waals surface area contributed by atoms with Crippen molar-refractivity contribution in [1.29, 1.82) is 0 Å². The monoisotopic (exact) mass is 382 g/mol. The molecule has 8 heteroatoms. The first-order valence-electron chi connectivity index (χ1n) is 8.18. The van der Waals surface area contributed by atoms with Crippen LogP contribution in [0.25, 0.3) is 0 Å². The molecule has 0 spiro atoms. The van der Waals surface area contributed by atoms with Gasteiger partial charge in [0.2, 0.25) is 10.0 Å². The number of carbonyl (C=O) groups excluding carboxylic acids is 2. The largest absolute Gasteiger partial charge is 0.497 e. The number of aryl methyl sites for hydroxylation is 1. The number of nitrogens with zero attached hydrogens (tertiary/aromatic N) is 2. The van der Waals surface area contributed by atoms with Crippen LogP contribution in [0.15, 0.2) is 48.5 Å². The normalized spacial score (nSPS) is 10.3. The molecule has 1 heterocycles. The fraction of sp³-hybridized carbons (Fsp3) is 0.158. The van der Waals surface area contributed by atoms with E-state index in [0.717, 1.165) is 22.5 Å². The second-order valence-corrected chi connectivity index (χ2v) is 6.74. The highest BCUT2D eigenvalue weighted by Crippen LogP contribution is 2.17. The number of methoxy groups -OCH3 is 1. The Morgan fingerprint density at radius 2 is 1.59 bits per heavy atom. The van der Waals surface area contributed by atoms with Crippen LogP contribution in [0.5, 0.6) is 5.75 Å². The third-order valence-electron chi connectivity index (χ3n) is 3.74. The minimum atomic E-state index is -0.421. The lowest BCUT2D eigenvalue weighted by Gasteiger charge is -2.04. The van der Waals surface area contributed by atoms with Crippen molar-refractivity contribution in [2.75, 3.05) is 12.4 Å². The second-order valence-electron chi connectivity index (χ2n) is 5.76. The predicted octanol–water partition coefficient (Wildman–Crippen LogP) is 3.04. The SMILES string of the molecule is COc1ccc(NC(=O)c2nnc(C(=O)NCc3ccc(C)cc3)s2)cc1. The first-order valence-corrected chi connectivity index (χ1v) is 8.99. The van der Waals surface area contributed by atoms with Crippen LogP contribution >= 0.6 is 11.3 Å². The van der Waals surface area contributed by atoms with Crippen molar-refractivity contribution in [3.05, 3.63) is 69.7 Å². The smallest absolute Gasteiger partial charge is 0.286 e. The first-order chi connectivity index (χ1) is 13.0. The lowest BCUT2D eigenvalue weighted by Crippen LogP contribution is -2.22. The lowest BCUT2D eigenvalue weighted by atomic mass is 10.1. The molecule has 0 aliphatic rings. The standard InChI is InChI=1S/C19H18N4O3S/c1-12-3-5-13(6-4-12)11-20-16(24)18-22-23-19(27-18)17(25)21-14-7-9-15(26-2)10-8-14/h3-10H,11H2,1-2H3,(H,20,24)(H,21,25). The summed E-state index contributed by atoms with van der Waals surface area (Å²) in [6.07, 6.45) is 0. The number of anilines is 1. The van der Waals surface area contributed by atoms with Gasteiger partial charge in [-0.05, 0) is 36.8 Å². The van der Waals surface area contributed by atoms with Crippen molar-refractivity contribution in [2.24, 2.45) is 0 Å². The third-order valence-corrected chi connectivity index (χ3v) is 4.66. The van der Waals surface area contributed by atoms with Crippen LogP contribution in [0.1, 0.15) is 30.7 Å². The van der Waals surface area contributed by atoms with Gasteiger partial charge in [0.1, 0.15) is 5.75 Å². The molecule has 0 atom stereocenters. The highest BCUT2D eigenvalue weighted by molar-refractivity contribution is 7.15. The van der Waals surface area contributed by atoms with Crippen molar-refractivity contribution < 1.29 is 14.3 Å². The zero-order chi connectivity index (χ0) is 19.2. The fourth-order valence-corrected chi connectivity index (χ4v) is 2.88. The van der Waals surface area contributed by atoms with Gasteiger partial charge in [-0.15, -0.1) is 10.2 Å². The third kappa shape index (κ3) is 4.89. The molecule has 2 amide bonds. The summed E-state index contributed by atoms with van der Waals surface area (Å²) < 4.78 is 5.07. The molecule has 3 aromatic rings. The van der Waals surface area contributed by atoms with Crippen molar-refractivity contribution in [3.8, 4) is 5.75 Å². The highest BCUT2D eigenvalue weighted by Gasteiger charge is 2.17. The number of hydrogen-bond acceptors (Lipinski definition) is 6. The van der Waals surface area contributed by atoms with Crippen molar-refractivity contribution in [1.82, 2.24) is 15.5 Å². The number of benzene rings is 2. The van der Waals surface area contributed by atoms with Gasteiger partial charge in [0.15, 0.2) is 0 Å². The Labute approximate surface area is 160 Å². The van der Waals surface area contributed by atoms with Gasteiger partial charge in [0.25, 0.3) is 11.8 Å². The molecule has 0 radical (unpaired) electrons. The molecule has 0 saturated carbocycles. The molecule has 0 saturated heterocycles. The van der Waals surface area contributed by atoms with E-state index in [0.29, 0.717) is 18.0 Å². The van der Waals surface area contributed by atoms with Crippen LogP contribution in [-0.2, 0) is 6.54 Å². The van der Waals surface area contributed by atoms with Crippen LogP contribution < -0.4 is 15.4 Å². The molecule has 0 aliphatic heterocycles. The van der Waals surface area contributed by atoms with E-state index in [1.54, 1.807) is 31.4 Å². The van der Waals surface area contributed by atoms with Crippen LogP contribution in [-0.4, -0.2) is 29.1 Å². The topological polar surface area (TPSA) is 93.2 Å². The van der Waals surface area contributed by atoms with E-state index in [-0.39, 0.29) is 15.9 Å². The number of nitrogens with one attached hydrogen (secondary N) is 2. The average Bonchev–Trinajstić information content (AvgIpc) is 3.18. The van der Waals surface area contributed by atoms with E-state index in [1.807, 2.05) is 31.2 Å². The Hall–Kier alpha value is -3.26. The lowest BCUT2D eigenvalue weighted by molar-refractivity contribution is 0.0948. The number of hydrogen-bond donors (Lipinski definition) is 2. The quantitative estimate of drug-likeness (QED) is 0.683. The van der Waals surface area contributed by atoms with Gasteiger partial charge in [-0.1, -0.05) is 41.2 Å². The molecule has 2 N–H and O–H groups in total. The summed E-state index contributed by atoms with van der Waals surface area (Å²) in [5, 5.41) is 13.3. The van der Waals surface area contributed by atoms with Crippen LogP contribution in [0, 0.1) is 6.92 Å². The maximum absolute atomic E-state index is 12.2. The van der Waals surface area contributed by atoms with Gasteiger partial charge in [0, 0.05) is 12.2 Å². The highest BCUT2D eigenvalue weighted by atomic mass is 32.1. The van der Waals surface area contributed by atoms with Crippen molar-refractivity contribution in [2.45, 2.75) is 13.5 Å². The average molecular weight is 382 g/mol. The molecule has 7 nitrogen and oxygen atoms in total. The van der Waals surface area contributed by atoms with Crippen LogP contribution in [0.2, 0.25) is 0 Å². The summed E-state index contributed by atoms with van der Waals surface area (Å²) in [7, 11) is 1.57. The Kier molecular flexibility index (Phi) is 5.77. The Bertz CT molecular complexity index is 936. The minimum Gasteiger partial charge on any atom is -0.497 e. The van der Waals surface area contributed by atoms with Gasteiger partial charge >= 0.3 is 0 Å². The van der Waals surface area contributed by atoms with Crippen molar-refractivity contribution in [3.63, 3.8) is 0 Å². The van der Waals surface area contributed by atoms with E-state index in [4.69, 9.17) is 4.74 Å². The predicted molar refractivity (Wildman–Crippen MR) is 103 cm³/mol. The van der Waals surface area contributed by atoms with Gasteiger partial charge in [-0.2, -0.15) is 0 Å². The zero-order valence-electron chi connectivity index (χ0n) is 14.9. The number of rotatable bonds is 6. The molecule has 138 valence electrons. The maximum Gasteiger partial charge on any atom is 0.286 e. The van der Waals surface area contributed by atoms with Gasteiger partial charge in [-0.25, -0.2) is 0 Å². The van der Waals surface area contributed by atoms with Gasteiger partial charge < -0.3 is 15.4 Å².